The molecule has 0 radical (unpaired) electrons. The Labute approximate surface area is 87.6 Å². The van der Waals surface area contributed by atoms with Crippen molar-refractivity contribution in [3.05, 3.63) is 0 Å². The lowest BCUT2D eigenvalue weighted by Crippen LogP contribution is -2.33. The van der Waals surface area contributed by atoms with Crippen molar-refractivity contribution in [1.29, 1.82) is 0 Å². The van der Waals surface area contributed by atoms with Gasteiger partial charge in [-0.3, -0.25) is 4.79 Å². The van der Waals surface area contributed by atoms with Crippen molar-refractivity contribution in [1.82, 2.24) is 4.90 Å². The zero-order chi connectivity index (χ0) is 11.4. The molecule has 0 heterocycles. The monoisotopic (exact) mass is 200 g/mol. The fourth-order valence-corrected chi connectivity index (χ4v) is 1.06. The fourth-order valence-electron chi connectivity index (χ4n) is 1.06. The van der Waals surface area contributed by atoms with Crippen LogP contribution in [0.2, 0.25) is 0 Å². The van der Waals surface area contributed by atoms with Crippen LogP contribution in [0.4, 0.5) is 0 Å². The molecule has 0 aliphatic rings. The Morgan fingerprint density at radius 2 is 1.93 bits per heavy atom. The Bertz CT molecular complexity index is 182. The maximum atomic E-state index is 11.5. The van der Waals surface area contributed by atoms with Gasteiger partial charge in [0.15, 0.2) is 0 Å². The molecule has 0 aromatic carbocycles. The molecular formula is C11H24N2O. The van der Waals surface area contributed by atoms with Gasteiger partial charge < -0.3 is 10.6 Å². The van der Waals surface area contributed by atoms with E-state index in [4.69, 9.17) is 5.73 Å². The number of rotatable bonds is 4. The summed E-state index contributed by atoms with van der Waals surface area (Å²) in [7, 11) is 1.84. The van der Waals surface area contributed by atoms with Gasteiger partial charge in [0.05, 0.1) is 0 Å². The van der Waals surface area contributed by atoms with Gasteiger partial charge in [-0.15, -0.1) is 0 Å². The first-order chi connectivity index (χ1) is 6.22. The second-order valence-electron chi connectivity index (χ2n) is 5.31. The van der Waals surface area contributed by atoms with E-state index in [0.717, 1.165) is 13.0 Å². The van der Waals surface area contributed by atoms with Crippen LogP contribution in [0.5, 0.6) is 0 Å². The zero-order valence-corrected chi connectivity index (χ0v) is 10.1. The molecule has 2 N–H and O–H groups in total. The summed E-state index contributed by atoms with van der Waals surface area (Å²) in [5.41, 5.74) is 5.85. The van der Waals surface area contributed by atoms with Gasteiger partial charge in [-0.05, 0) is 18.8 Å². The summed E-state index contributed by atoms with van der Waals surface area (Å²) in [5.74, 6) is 0.143. The van der Waals surface area contributed by atoms with Gasteiger partial charge in [0.2, 0.25) is 5.91 Å². The highest BCUT2D eigenvalue weighted by molar-refractivity contribution is 5.76. The minimum absolute atomic E-state index is 0.0420. The van der Waals surface area contributed by atoms with E-state index in [2.05, 4.69) is 20.8 Å². The Hall–Kier alpha value is -0.570. The average molecular weight is 200 g/mol. The molecule has 84 valence electrons. The third kappa shape index (κ3) is 6.89. The van der Waals surface area contributed by atoms with Crippen LogP contribution in [-0.4, -0.2) is 30.4 Å². The lowest BCUT2D eigenvalue weighted by molar-refractivity contribution is -0.130. The van der Waals surface area contributed by atoms with Crippen molar-refractivity contribution in [2.75, 3.05) is 13.6 Å². The van der Waals surface area contributed by atoms with E-state index < -0.39 is 0 Å². The molecule has 0 saturated heterocycles. The molecule has 14 heavy (non-hydrogen) atoms. The predicted octanol–water partition coefficient (Wildman–Crippen LogP) is 1.62. The number of amides is 1. The molecule has 0 aliphatic heterocycles. The summed E-state index contributed by atoms with van der Waals surface area (Å²) in [4.78, 5) is 13.3. The highest BCUT2D eigenvalue weighted by Crippen LogP contribution is 2.18. The number of carbonyl (C=O) groups is 1. The van der Waals surface area contributed by atoms with E-state index in [1.165, 1.54) is 0 Å². The Balaban J connectivity index is 3.85. The molecule has 0 fully saturated rings. The van der Waals surface area contributed by atoms with E-state index in [1.807, 2.05) is 14.0 Å². The van der Waals surface area contributed by atoms with E-state index >= 15 is 0 Å². The van der Waals surface area contributed by atoms with Crippen LogP contribution in [-0.2, 0) is 4.79 Å². The van der Waals surface area contributed by atoms with Crippen LogP contribution in [0.3, 0.4) is 0 Å². The first kappa shape index (κ1) is 13.4. The number of nitrogens with zero attached hydrogens (tertiary/aromatic N) is 1. The number of hydrogen-bond acceptors (Lipinski definition) is 2. The van der Waals surface area contributed by atoms with E-state index in [9.17, 15) is 4.79 Å². The summed E-state index contributed by atoms with van der Waals surface area (Å²) >= 11 is 0. The standard InChI is InChI=1S/C11H24N2O/c1-9(12)8-10(14)13(5)7-6-11(2,3)4/h9H,6-8,12H2,1-5H3. The van der Waals surface area contributed by atoms with Crippen molar-refractivity contribution in [2.45, 2.75) is 46.6 Å². The molecule has 0 rings (SSSR count). The molecule has 0 spiro atoms. The Kier molecular flexibility index (Phi) is 5.13. The molecule has 0 aromatic rings. The summed E-state index contributed by atoms with van der Waals surface area (Å²) in [6, 6.07) is -0.0420. The van der Waals surface area contributed by atoms with Crippen LogP contribution in [0.15, 0.2) is 0 Å². The third-order valence-electron chi connectivity index (χ3n) is 2.12. The summed E-state index contributed by atoms with van der Waals surface area (Å²) < 4.78 is 0. The van der Waals surface area contributed by atoms with Crippen molar-refractivity contribution >= 4 is 5.91 Å². The van der Waals surface area contributed by atoms with Crippen LogP contribution < -0.4 is 5.73 Å². The van der Waals surface area contributed by atoms with Gasteiger partial charge in [-0.25, -0.2) is 0 Å². The van der Waals surface area contributed by atoms with Crippen molar-refractivity contribution in [3.8, 4) is 0 Å². The zero-order valence-electron chi connectivity index (χ0n) is 10.1. The molecule has 1 atom stereocenters. The van der Waals surface area contributed by atoms with Gasteiger partial charge in [-0.2, -0.15) is 0 Å². The largest absolute Gasteiger partial charge is 0.346 e. The van der Waals surface area contributed by atoms with Crippen molar-refractivity contribution < 1.29 is 4.79 Å². The normalized spacial score (nSPS) is 13.9. The molecule has 3 nitrogen and oxygen atoms in total. The van der Waals surface area contributed by atoms with Gasteiger partial charge in [0.1, 0.15) is 0 Å². The maximum absolute atomic E-state index is 11.5. The van der Waals surface area contributed by atoms with Crippen molar-refractivity contribution in [2.24, 2.45) is 11.1 Å². The van der Waals surface area contributed by atoms with Gasteiger partial charge in [0, 0.05) is 26.1 Å². The molecular weight excluding hydrogens is 176 g/mol. The third-order valence-corrected chi connectivity index (χ3v) is 2.12. The van der Waals surface area contributed by atoms with Crippen LogP contribution in [0.1, 0.15) is 40.5 Å². The molecule has 0 bridgehead atoms. The fraction of sp³-hybridized carbons (Fsp3) is 0.909. The van der Waals surface area contributed by atoms with Gasteiger partial charge in [0.25, 0.3) is 0 Å². The molecule has 1 amide bonds. The SMILES string of the molecule is CC(N)CC(=O)N(C)CCC(C)(C)C. The van der Waals surface area contributed by atoms with Gasteiger partial charge in [-0.1, -0.05) is 20.8 Å². The molecule has 0 aromatic heterocycles. The predicted molar refractivity (Wildman–Crippen MR) is 60.0 cm³/mol. The first-order valence-corrected chi connectivity index (χ1v) is 5.22. The second-order valence-corrected chi connectivity index (χ2v) is 5.31. The number of carbonyl (C=O) groups excluding carboxylic acids is 1. The van der Waals surface area contributed by atoms with Gasteiger partial charge >= 0.3 is 0 Å². The minimum atomic E-state index is -0.0420. The Morgan fingerprint density at radius 1 is 1.43 bits per heavy atom. The quantitative estimate of drug-likeness (QED) is 0.749. The molecule has 1 unspecified atom stereocenters. The molecule has 0 aliphatic carbocycles. The van der Waals surface area contributed by atoms with E-state index in [1.54, 1.807) is 4.90 Å². The number of nitrogens with two attached hydrogens (primary N) is 1. The minimum Gasteiger partial charge on any atom is -0.346 e. The highest BCUT2D eigenvalue weighted by Gasteiger charge is 2.15. The topological polar surface area (TPSA) is 46.3 Å². The first-order valence-electron chi connectivity index (χ1n) is 5.22. The smallest absolute Gasteiger partial charge is 0.223 e. The second kappa shape index (κ2) is 5.35. The average Bonchev–Trinajstić information content (AvgIpc) is 1.97. The Morgan fingerprint density at radius 3 is 2.29 bits per heavy atom. The molecule has 0 saturated carbocycles. The summed E-state index contributed by atoms with van der Waals surface area (Å²) in [5, 5.41) is 0. The maximum Gasteiger partial charge on any atom is 0.223 e. The summed E-state index contributed by atoms with van der Waals surface area (Å²) in [6.45, 7) is 9.20. The molecule has 3 heteroatoms. The lowest BCUT2D eigenvalue weighted by atomic mass is 9.92. The van der Waals surface area contributed by atoms with Crippen LogP contribution in [0, 0.1) is 5.41 Å². The van der Waals surface area contributed by atoms with Crippen molar-refractivity contribution in [3.63, 3.8) is 0 Å². The van der Waals surface area contributed by atoms with Crippen LogP contribution in [0.25, 0.3) is 0 Å². The van der Waals surface area contributed by atoms with Crippen LogP contribution >= 0.6 is 0 Å². The number of hydrogen-bond donors (Lipinski definition) is 1. The van der Waals surface area contributed by atoms with E-state index in [0.29, 0.717) is 6.42 Å². The lowest BCUT2D eigenvalue weighted by Gasteiger charge is -2.24. The van der Waals surface area contributed by atoms with E-state index in [-0.39, 0.29) is 17.4 Å². The highest BCUT2D eigenvalue weighted by atomic mass is 16.2. The summed E-state index contributed by atoms with van der Waals surface area (Å²) in [6.07, 6.45) is 1.47.